The number of carbonyl (C=O) groups excluding carboxylic acids is 2. The molecule has 22 heavy (non-hydrogen) atoms. The van der Waals surface area contributed by atoms with Crippen LogP contribution in [0.15, 0.2) is 24.3 Å². The Bertz CT molecular complexity index is 532. The number of hydrogen-bond acceptors (Lipinski definition) is 4. The van der Waals surface area contributed by atoms with E-state index in [-0.39, 0.29) is 11.8 Å². The van der Waals surface area contributed by atoms with Gasteiger partial charge in [0.15, 0.2) is 0 Å². The number of ether oxygens (including phenoxy) is 1. The molecule has 5 heteroatoms. The van der Waals surface area contributed by atoms with Gasteiger partial charge in [-0.3, -0.25) is 19.4 Å². The minimum Gasteiger partial charge on any atom is -0.379 e. The van der Waals surface area contributed by atoms with Crippen LogP contribution in [-0.2, 0) is 4.74 Å². The Kier molecular flexibility index (Phi) is 4.55. The molecule has 0 aromatic heterocycles. The molecule has 0 radical (unpaired) electrons. The summed E-state index contributed by atoms with van der Waals surface area (Å²) in [4.78, 5) is 28.4. The monoisotopic (exact) mass is 302 g/mol. The van der Waals surface area contributed by atoms with Crippen LogP contribution in [0.1, 0.15) is 34.1 Å². The van der Waals surface area contributed by atoms with E-state index in [2.05, 4.69) is 11.8 Å². The Hall–Kier alpha value is -1.72. The molecule has 1 atom stereocenters. The van der Waals surface area contributed by atoms with Crippen LogP contribution in [-0.4, -0.2) is 61.0 Å². The topological polar surface area (TPSA) is 49.9 Å². The van der Waals surface area contributed by atoms with Gasteiger partial charge in [0.25, 0.3) is 11.8 Å². The molecule has 1 aromatic rings. The molecule has 0 saturated carbocycles. The summed E-state index contributed by atoms with van der Waals surface area (Å²) in [6.07, 6.45) is 0.980. The first-order chi connectivity index (χ1) is 10.7. The summed E-state index contributed by atoms with van der Waals surface area (Å²) in [6.45, 7) is 7.13. The average Bonchev–Trinajstić information content (AvgIpc) is 2.79. The zero-order valence-corrected chi connectivity index (χ0v) is 13.0. The number of imide groups is 1. The maximum Gasteiger partial charge on any atom is 0.261 e. The largest absolute Gasteiger partial charge is 0.379 e. The summed E-state index contributed by atoms with van der Waals surface area (Å²) >= 11 is 0. The zero-order chi connectivity index (χ0) is 15.5. The van der Waals surface area contributed by atoms with E-state index in [4.69, 9.17) is 4.74 Å². The fourth-order valence-corrected chi connectivity index (χ4v) is 3.04. The molecule has 2 heterocycles. The minimum absolute atomic E-state index is 0.154. The number of fused-ring (bicyclic) bond motifs is 1. The maximum absolute atomic E-state index is 12.3. The normalized spacial score (nSPS) is 20.3. The lowest BCUT2D eigenvalue weighted by atomic mass is 10.1. The average molecular weight is 302 g/mol. The third-order valence-electron chi connectivity index (χ3n) is 4.41. The predicted molar refractivity (Wildman–Crippen MR) is 82.8 cm³/mol. The summed E-state index contributed by atoms with van der Waals surface area (Å²) < 4.78 is 5.34. The smallest absolute Gasteiger partial charge is 0.261 e. The van der Waals surface area contributed by atoms with Gasteiger partial charge in [0.05, 0.1) is 24.3 Å². The van der Waals surface area contributed by atoms with Gasteiger partial charge in [0.1, 0.15) is 0 Å². The number of carbonyl (C=O) groups is 2. The van der Waals surface area contributed by atoms with E-state index >= 15 is 0 Å². The lowest BCUT2D eigenvalue weighted by Crippen LogP contribution is -2.39. The number of morpholine rings is 1. The van der Waals surface area contributed by atoms with E-state index in [1.807, 2.05) is 0 Å². The lowest BCUT2D eigenvalue weighted by molar-refractivity contribution is 0.0347. The van der Waals surface area contributed by atoms with Crippen molar-refractivity contribution in [1.82, 2.24) is 9.80 Å². The first-order valence-electron chi connectivity index (χ1n) is 7.92. The standard InChI is InChI=1S/C17H22N2O3/c1-13(6-7-18-8-10-22-11-9-18)12-19-16(20)14-4-2-3-5-15(14)17(19)21/h2-5,13H,6-12H2,1H3. The molecule has 1 unspecified atom stereocenters. The van der Waals surface area contributed by atoms with Crippen molar-refractivity contribution in [2.24, 2.45) is 5.92 Å². The summed E-state index contributed by atoms with van der Waals surface area (Å²) in [7, 11) is 0. The third kappa shape index (κ3) is 3.05. The van der Waals surface area contributed by atoms with Crippen molar-refractivity contribution in [3.05, 3.63) is 35.4 Å². The molecule has 118 valence electrons. The maximum atomic E-state index is 12.3. The van der Waals surface area contributed by atoms with Gasteiger partial charge in [-0.25, -0.2) is 0 Å². The number of hydrogen-bond donors (Lipinski definition) is 0. The molecule has 2 aliphatic rings. The number of rotatable bonds is 5. The van der Waals surface area contributed by atoms with Gasteiger partial charge in [0.2, 0.25) is 0 Å². The van der Waals surface area contributed by atoms with Crippen LogP contribution < -0.4 is 0 Å². The van der Waals surface area contributed by atoms with Crippen molar-refractivity contribution in [3.8, 4) is 0 Å². The number of nitrogens with zero attached hydrogens (tertiary/aromatic N) is 2. The quantitative estimate of drug-likeness (QED) is 0.776. The molecule has 1 saturated heterocycles. The Balaban J connectivity index is 1.55. The molecule has 2 aliphatic heterocycles. The highest BCUT2D eigenvalue weighted by Crippen LogP contribution is 2.23. The van der Waals surface area contributed by atoms with E-state index in [1.54, 1.807) is 24.3 Å². The van der Waals surface area contributed by atoms with Crippen molar-refractivity contribution in [1.29, 1.82) is 0 Å². The highest BCUT2D eigenvalue weighted by Gasteiger charge is 2.35. The molecule has 0 aliphatic carbocycles. The van der Waals surface area contributed by atoms with E-state index < -0.39 is 0 Å². The van der Waals surface area contributed by atoms with Crippen LogP contribution in [0.2, 0.25) is 0 Å². The first kappa shape index (κ1) is 15.2. The second-order valence-corrected chi connectivity index (χ2v) is 6.11. The van der Waals surface area contributed by atoms with Crippen molar-refractivity contribution in [3.63, 3.8) is 0 Å². The fraction of sp³-hybridized carbons (Fsp3) is 0.529. The highest BCUT2D eigenvalue weighted by atomic mass is 16.5. The Labute approximate surface area is 130 Å². The molecule has 0 N–H and O–H groups in total. The van der Waals surface area contributed by atoms with Gasteiger partial charge in [0, 0.05) is 19.6 Å². The summed E-state index contributed by atoms with van der Waals surface area (Å²) in [5.74, 6) is -0.0114. The first-order valence-corrected chi connectivity index (χ1v) is 7.92. The highest BCUT2D eigenvalue weighted by molar-refractivity contribution is 6.21. The molecule has 1 fully saturated rings. The van der Waals surface area contributed by atoms with Gasteiger partial charge in [-0.15, -0.1) is 0 Å². The van der Waals surface area contributed by atoms with Gasteiger partial charge in [-0.2, -0.15) is 0 Å². The second kappa shape index (κ2) is 6.58. The minimum atomic E-state index is -0.154. The van der Waals surface area contributed by atoms with Crippen LogP contribution in [0.5, 0.6) is 0 Å². The van der Waals surface area contributed by atoms with E-state index in [0.717, 1.165) is 39.3 Å². The SMILES string of the molecule is CC(CCN1CCOCC1)CN1C(=O)c2ccccc2C1=O. The Morgan fingerprint density at radius 2 is 1.68 bits per heavy atom. The summed E-state index contributed by atoms with van der Waals surface area (Å²) in [6, 6.07) is 7.06. The molecule has 2 amide bonds. The third-order valence-corrected chi connectivity index (χ3v) is 4.41. The molecule has 0 spiro atoms. The van der Waals surface area contributed by atoms with Gasteiger partial charge in [-0.05, 0) is 31.0 Å². The predicted octanol–water partition coefficient (Wildman–Crippen LogP) is 1.64. The summed E-state index contributed by atoms with van der Waals surface area (Å²) in [5.41, 5.74) is 1.07. The van der Waals surface area contributed by atoms with Crippen LogP contribution >= 0.6 is 0 Å². The number of benzene rings is 1. The van der Waals surface area contributed by atoms with Gasteiger partial charge < -0.3 is 4.74 Å². The lowest BCUT2D eigenvalue weighted by Gasteiger charge is -2.28. The fourth-order valence-electron chi connectivity index (χ4n) is 3.04. The van der Waals surface area contributed by atoms with E-state index in [0.29, 0.717) is 23.6 Å². The van der Waals surface area contributed by atoms with E-state index in [1.165, 1.54) is 4.90 Å². The van der Waals surface area contributed by atoms with Crippen LogP contribution in [0.25, 0.3) is 0 Å². The Morgan fingerprint density at radius 1 is 1.09 bits per heavy atom. The summed E-state index contributed by atoms with van der Waals surface area (Å²) in [5, 5.41) is 0. The van der Waals surface area contributed by atoms with Crippen molar-refractivity contribution in [2.75, 3.05) is 39.4 Å². The van der Waals surface area contributed by atoms with Gasteiger partial charge in [-0.1, -0.05) is 19.1 Å². The van der Waals surface area contributed by atoms with E-state index in [9.17, 15) is 9.59 Å². The second-order valence-electron chi connectivity index (χ2n) is 6.11. The van der Waals surface area contributed by atoms with Crippen molar-refractivity contribution < 1.29 is 14.3 Å². The molecular weight excluding hydrogens is 280 g/mol. The molecule has 5 nitrogen and oxygen atoms in total. The molecule has 1 aromatic carbocycles. The van der Waals surface area contributed by atoms with Crippen LogP contribution in [0.3, 0.4) is 0 Å². The molecular formula is C17H22N2O3. The van der Waals surface area contributed by atoms with Gasteiger partial charge >= 0.3 is 0 Å². The van der Waals surface area contributed by atoms with Crippen molar-refractivity contribution >= 4 is 11.8 Å². The molecule has 3 rings (SSSR count). The number of amides is 2. The van der Waals surface area contributed by atoms with Crippen LogP contribution in [0.4, 0.5) is 0 Å². The molecule has 0 bridgehead atoms. The van der Waals surface area contributed by atoms with Crippen LogP contribution in [0, 0.1) is 5.92 Å². The zero-order valence-electron chi connectivity index (χ0n) is 13.0. The Morgan fingerprint density at radius 3 is 2.27 bits per heavy atom. The van der Waals surface area contributed by atoms with Crippen molar-refractivity contribution in [2.45, 2.75) is 13.3 Å².